The summed E-state index contributed by atoms with van der Waals surface area (Å²) < 4.78 is 26.7. The molecule has 0 fully saturated rings. The maximum Gasteiger partial charge on any atom is 0.228 e. The number of rotatable bonds is 10. The minimum Gasteiger partial charge on any atom is -1.00 e. The molecule has 240 valence electrons. The van der Waals surface area contributed by atoms with Crippen LogP contribution in [0.15, 0.2) is 48.5 Å². The molecule has 0 saturated carbocycles. The van der Waals surface area contributed by atoms with Crippen LogP contribution in [0.5, 0.6) is 0 Å². The van der Waals surface area contributed by atoms with Crippen molar-refractivity contribution in [2.24, 2.45) is 0 Å². The Balaban J connectivity index is 0.000000421. The van der Waals surface area contributed by atoms with Crippen LogP contribution in [0.1, 0.15) is 86.2 Å². The quantitative estimate of drug-likeness (QED) is 0.160. The average molecular weight is 692 g/mol. The molecule has 0 bridgehead atoms. The number of nitrogens with one attached hydrogen (secondary N) is 2. The second-order valence-electron chi connectivity index (χ2n) is 9.21. The molecule has 4 aromatic rings. The summed E-state index contributed by atoms with van der Waals surface area (Å²) in [6, 6.07) is 12.6. The van der Waals surface area contributed by atoms with Crippen molar-refractivity contribution in [1.29, 1.82) is 0 Å². The Morgan fingerprint density at radius 2 is 1.16 bits per heavy atom. The highest BCUT2D eigenvalue weighted by atomic mass is 35.5. The lowest BCUT2D eigenvalue weighted by Crippen LogP contribution is -3.00. The Hall–Kier alpha value is -3.16. The highest BCUT2D eigenvalue weighted by Gasteiger charge is 2.16. The number of nitrogens with zero attached hydrogens (tertiary/aromatic N) is 6. The van der Waals surface area contributed by atoms with Gasteiger partial charge in [-0.1, -0.05) is 38.1 Å². The van der Waals surface area contributed by atoms with Crippen LogP contribution in [0.2, 0.25) is 5.28 Å². The number of nitrogens with two attached hydrogens (primary N) is 1. The zero-order valence-electron chi connectivity index (χ0n) is 24.9. The first-order valence-electron chi connectivity index (χ1n) is 13.2. The summed E-state index contributed by atoms with van der Waals surface area (Å²) in [5.41, 5.74) is 7.29. The smallest absolute Gasteiger partial charge is 0.228 e. The van der Waals surface area contributed by atoms with Gasteiger partial charge in [0, 0.05) is 0 Å². The lowest BCUT2D eigenvalue weighted by Gasteiger charge is -2.18. The van der Waals surface area contributed by atoms with Crippen molar-refractivity contribution in [3.05, 3.63) is 88.2 Å². The molecule has 10 nitrogen and oxygen atoms in total. The number of hydrogen-bond donors (Lipinski definition) is 4. The molecule has 4 rings (SSSR count). The van der Waals surface area contributed by atoms with E-state index in [0.717, 1.165) is 24.0 Å². The summed E-state index contributed by atoms with van der Waals surface area (Å²) in [4.78, 5) is 24.5. The number of nitrogen functional groups attached to an aromatic ring is 1. The molecule has 2 heterocycles. The van der Waals surface area contributed by atoms with Gasteiger partial charge in [-0.3, -0.25) is 0 Å². The normalized spacial score (nSPS) is 13.1. The summed E-state index contributed by atoms with van der Waals surface area (Å²) in [6.45, 7) is 7.47. The van der Waals surface area contributed by atoms with E-state index in [1.807, 2.05) is 26.0 Å². The van der Waals surface area contributed by atoms with Gasteiger partial charge in [-0.05, 0) is 73.7 Å². The van der Waals surface area contributed by atoms with Crippen LogP contribution < -0.4 is 34.9 Å². The molecule has 0 radical (unpaired) electrons. The highest BCUT2D eigenvalue weighted by molar-refractivity contribution is 6.28. The molecular weight excluding hydrogens is 656 g/mol. The van der Waals surface area contributed by atoms with E-state index in [1.54, 1.807) is 26.0 Å². The average Bonchev–Trinajstić information content (AvgIpc) is 2.94. The Morgan fingerprint density at radius 3 is 1.57 bits per heavy atom. The number of hydrogen-bond acceptors (Lipinski definition) is 9. The van der Waals surface area contributed by atoms with Gasteiger partial charge in [0.05, 0.1) is 22.8 Å². The fraction of sp³-hybridized carbons (Fsp3) is 0.357. The van der Waals surface area contributed by atoms with Crippen molar-refractivity contribution in [1.82, 2.24) is 36.1 Å². The number of halogens is 6. The van der Waals surface area contributed by atoms with E-state index in [1.165, 1.54) is 24.3 Å². The van der Waals surface area contributed by atoms with E-state index < -0.39 is 0 Å². The third-order valence-corrected chi connectivity index (χ3v) is 6.49. The minimum absolute atomic E-state index is 0. The van der Waals surface area contributed by atoms with Crippen molar-refractivity contribution in [3.63, 3.8) is 0 Å². The summed E-state index contributed by atoms with van der Waals surface area (Å²) >= 11 is 17.8. The van der Waals surface area contributed by atoms with E-state index in [2.05, 4.69) is 40.5 Å². The molecule has 2 aromatic heterocycles. The summed E-state index contributed by atoms with van der Waals surface area (Å²) in [6.07, 6.45) is 1.47. The fourth-order valence-corrected chi connectivity index (χ4v) is 4.22. The van der Waals surface area contributed by atoms with Gasteiger partial charge in [-0.25, -0.2) is 13.8 Å². The van der Waals surface area contributed by atoms with Crippen LogP contribution in [0.4, 0.5) is 26.6 Å². The monoisotopic (exact) mass is 690 g/mol. The van der Waals surface area contributed by atoms with Gasteiger partial charge < -0.3 is 34.9 Å². The van der Waals surface area contributed by atoms with Gasteiger partial charge in [0.25, 0.3) is 0 Å². The SMILES string of the molecule is CCC(Nc1nc(Cl)nc(C(C)Cl)n1)c1cccc(F)c1.CCC(Nc1nc(N)nc(C(C)Cl)n1)c1cccc(F)c1.[Cl-].[NH4+]. The molecule has 2 aromatic carbocycles. The predicted octanol–water partition coefficient (Wildman–Crippen LogP) is 5.36. The van der Waals surface area contributed by atoms with Gasteiger partial charge in [-0.15, -0.1) is 23.2 Å². The molecule has 0 aliphatic heterocycles. The van der Waals surface area contributed by atoms with Crippen LogP contribution in [-0.4, -0.2) is 29.9 Å². The van der Waals surface area contributed by atoms with Crippen LogP contribution in [0.3, 0.4) is 0 Å². The van der Waals surface area contributed by atoms with E-state index in [0.29, 0.717) is 23.5 Å². The third kappa shape index (κ3) is 11.7. The molecule has 4 unspecified atom stereocenters. The standard InChI is InChI=1S/C14H15Cl2FN4.C14H17ClFN5.ClH.H3N/c1-3-11(9-5-4-6-10(17)7-9)18-14-20-12(8(2)15)19-13(16)21-14;1-3-11(9-5-4-6-10(16)7-9)18-14-20-12(8(2)15)19-13(17)21-14;;/h4-8,11H,3H2,1-2H3,(H,18,19,20,21);4-8,11H,3H2,1-2H3,(H3,17,18,19,20,21);1H;1H3. The zero-order chi connectivity index (χ0) is 30.8. The molecule has 44 heavy (non-hydrogen) atoms. The van der Waals surface area contributed by atoms with Gasteiger partial charge >= 0.3 is 0 Å². The molecule has 8 N–H and O–H groups in total. The molecule has 0 aliphatic carbocycles. The molecule has 4 atom stereocenters. The van der Waals surface area contributed by atoms with Gasteiger partial charge in [-0.2, -0.15) is 24.9 Å². The molecule has 0 spiro atoms. The summed E-state index contributed by atoms with van der Waals surface area (Å²) in [7, 11) is 0. The lowest BCUT2D eigenvalue weighted by molar-refractivity contribution is -0.0000109. The van der Waals surface area contributed by atoms with Crippen LogP contribution in [-0.2, 0) is 0 Å². The van der Waals surface area contributed by atoms with Gasteiger partial charge in [0.2, 0.25) is 23.1 Å². The van der Waals surface area contributed by atoms with Crippen molar-refractivity contribution < 1.29 is 21.2 Å². The van der Waals surface area contributed by atoms with E-state index in [9.17, 15) is 8.78 Å². The van der Waals surface area contributed by atoms with Crippen LogP contribution >= 0.6 is 34.8 Å². The van der Waals surface area contributed by atoms with Crippen molar-refractivity contribution in [3.8, 4) is 0 Å². The first-order valence-corrected chi connectivity index (χ1v) is 14.5. The maximum absolute atomic E-state index is 13.3. The number of quaternary nitrogens is 1. The summed E-state index contributed by atoms with van der Waals surface area (Å²) in [5.74, 6) is 1.00. The first-order chi connectivity index (χ1) is 20.0. The number of aromatic nitrogens is 6. The Morgan fingerprint density at radius 1 is 0.727 bits per heavy atom. The predicted molar refractivity (Wildman–Crippen MR) is 170 cm³/mol. The van der Waals surface area contributed by atoms with Gasteiger partial charge in [0.15, 0.2) is 11.6 Å². The lowest BCUT2D eigenvalue weighted by atomic mass is 10.0. The second kappa shape index (κ2) is 18.6. The zero-order valence-corrected chi connectivity index (χ0v) is 27.9. The molecule has 0 amide bonds. The van der Waals surface area contributed by atoms with Gasteiger partial charge in [0.1, 0.15) is 11.6 Å². The largest absolute Gasteiger partial charge is 1.00 e. The highest BCUT2D eigenvalue weighted by Crippen LogP contribution is 2.25. The number of alkyl halides is 2. The van der Waals surface area contributed by atoms with E-state index >= 15 is 0 Å². The van der Waals surface area contributed by atoms with Crippen LogP contribution in [0, 0.1) is 11.6 Å². The van der Waals surface area contributed by atoms with E-state index in [-0.39, 0.29) is 64.3 Å². The molecule has 16 heteroatoms. The van der Waals surface area contributed by atoms with Crippen molar-refractivity contribution in [2.45, 2.75) is 63.4 Å². The molecule has 0 aliphatic rings. The van der Waals surface area contributed by atoms with Crippen LogP contribution in [0.25, 0.3) is 0 Å². The van der Waals surface area contributed by atoms with Crippen molar-refractivity contribution in [2.75, 3.05) is 16.4 Å². The second-order valence-corrected chi connectivity index (χ2v) is 10.9. The topological polar surface area (TPSA) is 164 Å². The summed E-state index contributed by atoms with van der Waals surface area (Å²) in [5, 5.41) is 5.61. The Labute approximate surface area is 277 Å². The fourth-order valence-electron chi connectivity index (χ4n) is 3.86. The first kappa shape index (κ1) is 38.9. The molecular formula is C28H36Cl4F2N10. The Bertz CT molecular complexity index is 1360. The Kier molecular flexibility index (Phi) is 16.4. The number of anilines is 3. The maximum atomic E-state index is 13.3. The third-order valence-electron chi connectivity index (χ3n) is 5.93. The van der Waals surface area contributed by atoms with E-state index in [4.69, 9.17) is 40.5 Å². The minimum atomic E-state index is -0.375. The number of benzene rings is 2. The molecule has 0 saturated heterocycles. The van der Waals surface area contributed by atoms with Crippen molar-refractivity contribution >= 4 is 52.6 Å².